The largest absolute Gasteiger partial charge is 0.324 e. The molecular formula is C17H12ClN3O4. The Kier molecular flexibility index (Phi) is 4.49. The summed E-state index contributed by atoms with van der Waals surface area (Å²) in [6.07, 6.45) is 0. The normalized spacial score (nSPS) is 10.6. The summed E-state index contributed by atoms with van der Waals surface area (Å²) in [7, 11) is 0. The standard InChI is InChI=1S/C17H12ClN3O4/c18-12-2-1-3-13(9-12)19-16(22)10-20-15-6-5-14(21(24)25)8-11(15)4-7-17(20)23/h1-9H,10H2,(H,19,22). The predicted octanol–water partition coefficient (Wildman–Crippen LogP) is 3.20. The maximum atomic E-state index is 12.2. The number of nitro benzene ring substituents is 1. The molecule has 0 aliphatic rings. The minimum atomic E-state index is -0.513. The van der Waals surface area contributed by atoms with Gasteiger partial charge in [0, 0.05) is 34.3 Å². The number of carbonyl (C=O) groups excluding carboxylic acids is 1. The van der Waals surface area contributed by atoms with E-state index in [1.165, 1.54) is 34.9 Å². The van der Waals surface area contributed by atoms with Crippen molar-refractivity contribution in [3.63, 3.8) is 0 Å². The fraction of sp³-hybridized carbons (Fsp3) is 0.0588. The predicted molar refractivity (Wildman–Crippen MR) is 94.9 cm³/mol. The summed E-state index contributed by atoms with van der Waals surface area (Å²) in [5.41, 5.74) is 0.504. The van der Waals surface area contributed by atoms with E-state index < -0.39 is 10.8 Å². The van der Waals surface area contributed by atoms with E-state index in [-0.39, 0.29) is 17.8 Å². The SMILES string of the molecule is O=C(Cn1c(=O)ccc2cc([N+](=O)[O-])ccc21)Nc1cccc(Cl)c1. The first kappa shape index (κ1) is 16.7. The van der Waals surface area contributed by atoms with Crippen LogP contribution in [0.15, 0.2) is 59.4 Å². The van der Waals surface area contributed by atoms with Crippen LogP contribution in [0.4, 0.5) is 11.4 Å². The average Bonchev–Trinajstić information content (AvgIpc) is 2.57. The molecule has 2 aromatic carbocycles. The minimum absolute atomic E-state index is 0.0823. The molecule has 1 amide bonds. The Labute approximate surface area is 146 Å². The monoisotopic (exact) mass is 357 g/mol. The molecule has 7 nitrogen and oxygen atoms in total. The average molecular weight is 358 g/mol. The number of halogens is 1. The van der Waals surface area contributed by atoms with Crippen molar-refractivity contribution in [1.29, 1.82) is 0 Å². The summed E-state index contributed by atoms with van der Waals surface area (Å²) < 4.78 is 1.26. The first-order valence-electron chi connectivity index (χ1n) is 7.27. The van der Waals surface area contributed by atoms with Gasteiger partial charge in [-0.1, -0.05) is 17.7 Å². The zero-order valence-corrected chi connectivity index (χ0v) is 13.6. The molecular weight excluding hydrogens is 346 g/mol. The van der Waals surface area contributed by atoms with Crippen LogP contribution in [0, 0.1) is 10.1 Å². The van der Waals surface area contributed by atoms with Crippen molar-refractivity contribution in [2.24, 2.45) is 0 Å². The van der Waals surface area contributed by atoms with Crippen LogP contribution in [0.1, 0.15) is 0 Å². The number of non-ortho nitro benzene ring substituents is 1. The number of nitrogens with one attached hydrogen (secondary N) is 1. The molecule has 1 heterocycles. The summed E-state index contributed by atoms with van der Waals surface area (Å²) in [5, 5.41) is 14.5. The fourth-order valence-corrected chi connectivity index (χ4v) is 2.67. The highest BCUT2D eigenvalue weighted by Gasteiger charge is 2.12. The van der Waals surface area contributed by atoms with Crippen molar-refractivity contribution in [3.8, 4) is 0 Å². The molecule has 3 rings (SSSR count). The van der Waals surface area contributed by atoms with E-state index in [1.54, 1.807) is 24.3 Å². The van der Waals surface area contributed by atoms with Crippen LogP contribution in [-0.4, -0.2) is 15.4 Å². The lowest BCUT2D eigenvalue weighted by Gasteiger charge is -2.10. The molecule has 1 aromatic heterocycles. The van der Waals surface area contributed by atoms with Crippen molar-refractivity contribution < 1.29 is 9.72 Å². The number of aromatic nitrogens is 1. The van der Waals surface area contributed by atoms with E-state index in [1.807, 2.05) is 0 Å². The number of rotatable bonds is 4. The maximum absolute atomic E-state index is 12.2. The van der Waals surface area contributed by atoms with Crippen molar-refractivity contribution >= 4 is 39.8 Å². The van der Waals surface area contributed by atoms with Gasteiger partial charge in [0.15, 0.2) is 0 Å². The van der Waals surface area contributed by atoms with Crippen LogP contribution < -0.4 is 10.9 Å². The van der Waals surface area contributed by atoms with Gasteiger partial charge in [0.25, 0.3) is 11.2 Å². The summed E-state index contributed by atoms with van der Waals surface area (Å²) in [5.74, 6) is -0.407. The molecule has 1 N–H and O–H groups in total. The van der Waals surface area contributed by atoms with E-state index in [4.69, 9.17) is 11.6 Å². The number of carbonyl (C=O) groups is 1. The minimum Gasteiger partial charge on any atom is -0.324 e. The molecule has 0 fully saturated rings. The van der Waals surface area contributed by atoms with Gasteiger partial charge in [0.2, 0.25) is 5.91 Å². The van der Waals surface area contributed by atoms with Gasteiger partial charge < -0.3 is 5.32 Å². The second kappa shape index (κ2) is 6.74. The van der Waals surface area contributed by atoms with Gasteiger partial charge in [-0.3, -0.25) is 24.3 Å². The molecule has 0 aliphatic heterocycles. The number of hydrogen-bond acceptors (Lipinski definition) is 4. The smallest absolute Gasteiger partial charge is 0.270 e. The van der Waals surface area contributed by atoms with Crippen molar-refractivity contribution in [2.45, 2.75) is 6.54 Å². The number of fused-ring (bicyclic) bond motifs is 1. The van der Waals surface area contributed by atoms with E-state index >= 15 is 0 Å². The first-order valence-corrected chi connectivity index (χ1v) is 7.65. The van der Waals surface area contributed by atoms with Gasteiger partial charge in [-0.05, 0) is 30.3 Å². The first-order chi connectivity index (χ1) is 11.9. The molecule has 0 spiro atoms. The third-order valence-electron chi connectivity index (χ3n) is 3.59. The van der Waals surface area contributed by atoms with Gasteiger partial charge >= 0.3 is 0 Å². The molecule has 0 saturated carbocycles. The lowest BCUT2D eigenvalue weighted by molar-refractivity contribution is -0.384. The Bertz CT molecular complexity index is 1050. The Morgan fingerprint density at radius 2 is 1.96 bits per heavy atom. The van der Waals surface area contributed by atoms with Gasteiger partial charge in [0.1, 0.15) is 6.54 Å². The Hall–Kier alpha value is -3.19. The lowest BCUT2D eigenvalue weighted by Crippen LogP contribution is -2.27. The van der Waals surface area contributed by atoms with E-state index in [9.17, 15) is 19.7 Å². The molecule has 0 aliphatic carbocycles. The van der Waals surface area contributed by atoms with Crippen molar-refractivity contribution in [1.82, 2.24) is 4.57 Å². The van der Waals surface area contributed by atoms with E-state index in [0.29, 0.717) is 21.6 Å². The van der Waals surface area contributed by atoms with Crippen molar-refractivity contribution in [2.75, 3.05) is 5.32 Å². The zero-order valence-electron chi connectivity index (χ0n) is 12.8. The third kappa shape index (κ3) is 3.67. The van der Waals surface area contributed by atoms with Crippen LogP contribution in [0.5, 0.6) is 0 Å². The zero-order chi connectivity index (χ0) is 18.0. The highest BCUT2D eigenvalue weighted by molar-refractivity contribution is 6.30. The van der Waals surface area contributed by atoms with Gasteiger partial charge in [-0.2, -0.15) is 0 Å². The van der Waals surface area contributed by atoms with Gasteiger partial charge in [0.05, 0.1) is 10.4 Å². The highest BCUT2D eigenvalue weighted by Crippen LogP contribution is 2.20. The summed E-state index contributed by atoms with van der Waals surface area (Å²) in [6, 6.07) is 13.5. The maximum Gasteiger partial charge on any atom is 0.270 e. The van der Waals surface area contributed by atoms with Crippen LogP contribution in [-0.2, 0) is 11.3 Å². The number of nitro groups is 1. The number of pyridine rings is 1. The summed E-state index contributed by atoms with van der Waals surface area (Å²) >= 11 is 5.87. The lowest BCUT2D eigenvalue weighted by atomic mass is 10.2. The molecule has 25 heavy (non-hydrogen) atoms. The van der Waals surface area contributed by atoms with Gasteiger partial charge in [-0.25, -0.2) is 0 Å². The molecule has 0 atom stereocenters. The molecule has 0 unspecified atom stereocenters. The number of benzene rings is 2. The molecule has 0 saturated heterocycles. The topological polar surface area (TPSA) is 94.2 Å². The van der Waals surface area contributed by atoms with Crippen LogP contribution >= 0.6 is 11.6 Å². The van der Waals surface area contributed by atoms with Crippen LogP contribution in [0.3, 0.4) is 0 Å². The second-order valence-electron chi connectivity index (χ2n) is 5.32. The van der Waals surface area contributed by atoms with Crippen LogP contribution in [0.25, 0.3) is 10.9 Å². The Morgan fingerprint density at radius 1 is 1.16 bits per heavy atom. The summed E-state index contributed by atoms with van der Waals surface area (Å²) in [4.78, 5) is 34.7. The quantitative estimate of drug-likeness (QED) is 0.573. The van der Waals surface area contributed by atoms with E-state index in [2.05, 4.69) is 5.32 Å². The molecule has 8 heteroatoms. The number of anilines is 1. The van der Waals surface area contributed by atoms with Gasteiger partial charge in [-0.15, -0.1) is 0 Å². The molecule has 126 valence electrons. The second-order valence-corrected chi connectivity index (χ2v) is 5.75. The summed E-state index contributed by atoms with van der Waals surface area (Å²) in [6.45, 7) is -0.222. The van der Waals surface area contributed by atoms with Crippen molar-refractivity contribution in [3.05, 3.63) is 80.1 Å². The Morgan fingerprint density at radius 3 is 2.68 bits per heavy atom. The fourth-order valence-electron chi connectivity index (χ4n) is 2.48. The third-order valence-corrected chi connectivity index (χ3v) is 3.83. The Balaban J connectivity index is 1.92. The number of hydrogen-bond donors (Lipinski definition) is 1. The number of amides is 1. The molecule has 0 radical (unpaired) electrons. The molecule has 3 aromatic rings. The number of nitrogens with zero attached hydrogens (tertiary/aromatic N) is 2. The molecule has 0 bridgehead atoms. The van der Waals surface area contributed by atoms with E-state index in [0.717, 1.165) is 0 Å². The highest BCUT2D eigenvalue weighted by atomic mass is 35.5. The van der Waals surface area contributed by atoms with Crippen LogP contribution in [0.2, 0.25) is 5.02 Å².